The minimum absolute atomic E-state index is 0.272. The summed E-state index contributed by atoms with van der Waals surface area (Å²) in [6, 6.07) is 22.1. The highest BCUT2D eigenvalue weighted by Gasteiger charge is 2.40. The molecule has 0 aliphatic carbocycles. The van der Waals surface area contributed by atoms with E-state index in [0.29, 0.717) is 29.2 Å². The Bertz CT molecular complexity index is 1170. The normalized spacial score (nSPS) is 13.7. The molecule has 0 radical (unpaired) electrons. The predicted octanol–water partition coefficient (Wildman–Crippen LogP) is 5.10. The van der Waals surface area contributed by atoms with Crippen molar-refractivity contribution in [2.24, 2.45) is 0 Å². The van der Waals surface area contributed by atoms with Gasteiger partial charge in [-0.05, 0) is 73.9 Å². The average Bonchev–Trinajstić information content (AvgIpc) is 3.02. The van der Waals surface area contributed by atoms with Crippen molar-refractivity contribution >= 4 is 28.8 Å². The molecule has 0 spiro atoms. The molecule has 1 N–H and O–H groups in total. The van der Waals surface area contributed by atoms with Crippen LogP contribution < -0.4 is 15.0 Å². The standard InChI is InChI=1S/C26H24N2O3/c1-4-31-22-14-12-21(13-15-22)28-25(29)23(19-8-6-5-7-9-19)24(26(28)30)27-20-11-10-17(2)18(3)16-20/h5-16,27H,4H2,1-3H3. The maximum Gasteiger partial charge on any atom is 0.282 e. The number of anilines is 2. The zero-order chi connectivity index (χ0) is 22.0. The Kier molecular flexibility index (Phi) is 5.58. The lowest BCUT2D eigenvalue weighted by Crippen LogP contribution is -2.32. The highest BCUT2D eigenvalue weighted by Crippen LogP contribution is 2.34. The summed E-state index contributed by atoms with van der Waals surface area (Å²) >= 11 is 0. The van der Waals surface area contributed by atoms with Crippen LogP contribution in [-0.2, 0) is 9.59 Å². The molecule has 0 saturated heterocycles. The molecule has 1 heterocycles. The highest BCUT2D eigenvalue weighted by molar-refractivity contribution is 6.46. The van der Waals surface area contributed by atoms with E-state index in [0.717, 1.165) is 16.8 Å². The monoisotopic (exact) mass is 412 g/mol. The van der Waals surface area contributed by atoms with Crippen LogP contribution in [0, 0.1) is 13.8 Å². The fraction of sp³-hybridized carbons (Fsp3) is 0.154. The van der Waals surface area contributed by atoms with Crippen molar-refractivity contribution < 1.29 is 14.3 Å². The van der Waals surface area contributed by atoms with Gasteiger partial charge in [0.25, 0.3) is 11.8 Å². The lowest BCUT2D eigenvalue weighted by molar-refractivity contribution is -0.120. The third-order valence-electron chi connectivity index (χ3n) is 5.33. The smallest absolute Gasteiger partial charge is 0.282 e. The minimum atomic E-state index is -0.383. The fourth-order valence-electron chi connectivity index (χ4n) is 3.57. The SMILES string of the molecule is CCOc1ccc(N2C(=O)C(Nc3ccc(C)c(C)c3)=C(c3ccccc3)C2=O)cc1. The number of carbonyl (C=O) groups excluding carboxylic acids is 2. The quantitative estimate of drug-likeness (QED) is 0.573. The van der Waals surface area contributed by atoms with E-state index in [1.54, 1.807) is 24.3 Å². The van der Waals surface area contributed by atoms with Crippen molar-refractivity contribution in [2.45, 2.75) is 20.8 Å². The predicted molar refractivity (Wildman–Crippen MR) is 123 cm³/mol. The first-order valence-electron chi connectivity index (χ1n) is 10.2. The van der Waals surface area contributed by atoms with Gasteiger partial charge in [-0.2, -0.15) is 0 Å². The molecule has 0 saturated carbocycles. The number of nitrogens with one attached hydrogen (secondary N) is 1. The van der Waals surface area contributed by atoms with E-state index >= 15 is 0 Å². The number of hydrogen-bond acceptors (Lipinski definition) is 4. The number of nitrogens with zero attached hydrogens (tertiary/aromatic N) is 1. The Hall–Kier alpha value is -3.86. The van der Waals surface area contributed by atoms with Gasteiger partial charge >= 0.3 is 0 Å². The van der Waals surface area contributed by atoms with E-state index in [9.17, 15) is 9.59 Å². The average molecular weight is 412 g/mol. The zero-order valence-corrected chi connectivity index (χ0v) is 17.8. The number of imide groups is 1. The van der Waals surface area contributed by atoms with Gasteiger partial charge in [0.1, 0.15) is 11.4 Å². The Labute approximate surface area is 182 Å². The minimum Gasteiger partial charge on any atom is -0.494 e. The number of hydrogen-bond donors (Lipinski definition) is 1. The van der Waals surface area contributed by atoms with Crippen molar-refractivity contribution in [1.29, 1.82) is 0 Å². The number of benzene rings is 3. The molecule has 0 atom stereocenters. The van der Waals surface area contributed by atoms with Crippen LogP contribution in [0.4, 0.5) is 11.4 Å². The largest absolute Gasteiger partial charge is 0.494 e. The molecule has 0 unspecified atom stereocenters. The zero-order valence-electron chi connectivity index (χ0n) is 17.8. The van der Waals surface area contributed by atoms with E-state index in [-0.39, 0.29) is 17.5 Å². The summed E-state index contributed by atoms with van der Waals surface area (Å²) in [6.45, 7) is 6.50. The van der Waals surface area contributed by atoms with Crippen LogP contribution in [0.3, 0.4) is 0 Å². The molecule has 5 heteroatoms. The van der Waals surface area contributed by atoms with Crippen LogP contribution in [0.1, 0.15) is 23.6 Å². The number of amides is 2. The molecule has 5 nitrogen and oxygen atoms in total. The molecule has 1 aliphatic heterocycles. The van der Waals surface area contributed by atoms with Crippen molar-refractivity contribution in [3.63, 3.8) is 0 Å². The van der Waals surface area contributed by atoms with Gasteiger partial charge in [0, 0.05) is 5.69 Å². The van der Waals surface area contributed by atoms with Crippen molar-refractivity contribution in [2.75, 3.05) is 16.8 Å². The molecule has 156 valence electrons. The van der Waals surface area contributed by atoms with Gasteiger partial charge < -0.3 is 10.1 Å². The molecule has 2 amide bonds. The number of carbonyl (C=O) groups is 2. The second-order valence-corrected chi connectivity index (χ2v) is 7.41. The van der Waals surface area contributed by atoms with Gasteiger partial charge in [0.05, 0.1) is 17.9 Å². The fourth-order valence-corrected chi connectivity index (χ4v) is 3.57. The second kappa shape index (κ2) is 8.48. The van der Waals surface area contributed by atoms with Crippen molar-refractivity contribution in [3.8, 4) is 5.75 Å². The van der Waals surface area contributed by atoms with E-state index in [1.807, 2.05) is 69.3 Å². The van der Waals surface area contributed by atoms with E-state index in [4.69, 9.17) is 4.74 Å². The molecule has 31 heavy (non-hydrogen) atoms. The van der Waals surface area contributed by atoms with Crippen LogP contribution in [-0.4, -0.2) is 18.4 Å². The molecule has 0 aromatic heterocycles. The topological polar surface area (TPSA) is 58.6 Å². The highest BCUT2D eigenvalue weighted by atomic mass is 16.5. The van der Waals surface area contributed by atoms with E-state index < -0.39 is 0 Å². The van der Waals surface area contributed by atoms with E-state index in [1.165, 1.54) is 4.90 Å². The Morgan fingerprint density at radius 2 is 1.55 bits per heavy atom. The maximum atomic E-state index is 13.4. The van der Waals surface area contributed by atoms with Gasteiger partial charge in [0.15, 0.2) is 0 Å². The van der Waals surface area contributed by atoms with E-state index in [2.05, 4.69) is 5.32 Å². The summed E-state index contributed by atoms with van der Waals surface area (Å²) in [7, 11) is 0. The Morgan fingerprint density at radius 1 is 0.839 bits per heavy atom. The summed E-state index contributed by atoms with van der Waals surface area (Å²) in [6.07, 6.45) is 0. The van der Waals surface area contributed by atoms with Gasteiger partial charge in [-0.15, -0.1) is 0 Å². The molecule has 4 rings (SSSR count). The summed E-state index contributed by atoms with van der Waals surface area (Å²) in [4.78, 5) is 28.1. The van der Waals surface area contributed by atoms with Crippen molar-refractivity contribution in [3.05, 3.63) is 95.2 Å². The maximum absolute atomic E-state index is 13.4. The number of aryl methyl sites for hydroxylation is 2. The summed E-state index contributed by atoms with van der Waals surface area (Å²) in [5.74, 6) is -0.0481. The first kappa shape index (κ1) is 20.4. The van der Waals surface area contributed by atoms with Crippen LogP contribution in [0.5, 0.6) is 5.75 Å². The molecule has 0 bridgehead atoms. The van der Waals surface area contributed by atoms with Gasteiger partial charge in [-0.3, -0.25) is 9.59 Å². The van der Waals surface area contributed by atoms with Gasteiger partial charge in [-0.1, -0.05) is 36.4 Å². The summed E-state index contributed by atoms with van der Waals surface area (Å²) in [5, 5.41) is 3.21. The lowest BCUT2D eigenvalue weighted by atomic mass is 10.0. The molecule has 0 fully saturated rings. The van der Waals surface area contributed by atoms with Crippen LogP contribution in [0.25, 0.3) is 5.57 Å². The van der Waals surface area contributed by atoms with Crippen LogP contribution in [0.15, 0.2) is 78.5 Å². The summed E-state index contributed by atoms with van der Waals surface area (Å²) in [5.41, 5.74) is 4.86. The Morgan fingerprint density at radius 3 is 2.19 bits per heavy atom. The van der Waals surface area contributed by atoms with Crippen LogP contribution >= 0.6 is 0 Å². The van der Waals surface area contributed by atoms with Gasteiger partial charge in [-0.25, -0.2) is 4.90 Å². The second-order valence-electron chi connectivity index (χ2n) is 7.41. The number of rotatable bonds is 6. The molecule has 3 aromatic rings. The molecular weight excluding hydrogens is 388 g/mol. The molecule has 3 aromatic carbocycles. The first-order chi connectivity index (χ1) is 15.0. The third-order valence-corrected chi connectivity index (χ3v) is 5.33. The third kappa shape index (κ3) is 3.94. The van der Waals surface area contributed by atoms with Crippen LogP contribution in [0.2, 0.25) is 0 Å². The first-order valence-corrected chi connectivity index (χ1v) is 10.2. The van der Waals surface area contributed by atoms with Crippen molar-refractivity contribution in [1.82, 2.24) is 0 Å². The molecule has 1 aliphatic rings. The van der Waals surface area contributed by atoms with Gasteiger partial charge in [0.2, 0.25) is 0 Å². The Balaban J connectivity index is 1.76. The molecular formula is C26H24N2O3. The lowest BCUT2D eigenvalue weighted by Gasteiger charge is -2.16. The number of ether oxygens (including phenoxy) is 1. The summed E-state index contributed by atoms with van der Waals surface area (Å²) < 4.78 is 5.48.